The maximum absolute atomic E-state index is 11.1. The van der Waals surface area contributed by atoms with Gasteiger partial charge in [0.1, 0.15) is 5.75 Å². The molecule has 1 aliphatic carbocycles. The minimum atomic E-state index is -0.648. The Bertz CT molecular complexity index is 972. The topological polar surface area (TPSA) is 64.6 Å². The number of rotatable bonds is 7. The summed E-state index contributed by atoms with van der Waals surface area (Å²) in [5.74, 6) is 0.990. The van der Waals surface area contributed by atoms with E-state index in [0.29, 0.717) is 17.1 Å². The number of fused-ring (bicyclic) bond motifs is 2. The SMILES string of the molecule is COc1cccc2c1CCCC2CCNCCc1ccc2oc(=O)oc2c1. The summed E-state index contributed by atoms with van der Waals surface area (Å²) in [6.07, 6.45) is 5.62. The summed E-state index contributed by atoms with van der Waals surface area (Å²) in [4.78, 5) is 11.1. The number of methoxy groups -OCH3 is 1. The standard InChI is InChI=1S/C22H25NO4/c1-25-19-7-3-5-17-16(4-2-6-18(17)19)11-13-23-12-10-15-8-9-20-21(14-15)27-22(24)26-20/h3,5,7-9,14,16,23H,2,4,6,10-13H2,1H3. The molecule has 0 saturated heterocycles. The van der Waals surface area contributed by atoms with Gasteiger partial charge in [0.15, 0.2) is 11.2 Å². The van der Waals surface area contributed by atoms with Crippen LogP contribution in [0.5, 0.6) is 5.75 Å². The predicted octanol–water partition coefficient (Wildman–Crippen LogP) is 4.04. The molecule has 1 aliphatic rings. The Morgan fingerprint density at radius 1 is 1.15 bits per heavy atom. The third-order valence-electron chi connectivity index (χ3n) is 5.46. The largest absolute Gasteiger partial charge is 0.519 e. The van der Waals surface area contributed by atoms with Gasteiger partial charge in [-0.25, -0.2) is 4.79 Å². The molecule has 0 fully saturated rings. The molecule has 1 unspecified atom stereocenters. The lowest BCUT2D eigenvalue weighted by molar-refractivity contribution is 0.401. The van der Waals surface area contributed by atoms with E-state index < -0.39 is 5.82 Å². The third kappa shape index (κ3) is 3.93. The monoisotopic (exact) mass is 367 g/mol. The highest BCUT2D eigenvalue weighted by atomic mass is 16.6. The molecule has 0 spiro atoms. The molecule has 0 saturated carbocycles. The van der Waals surface area contributed by atoms with Gasteiger partial charge in [0.2, 0.25) is 0 Å². The van der Waals surface area contributed by atoms with E-state index in [1.807, 2.05) is 12.1 Å². The van der Waals surface area contributed by atoms with Gasteiger partial charge in [-0.15, -0.1) is 0 Å². The van der Waals surface area contributed by atoms with Crippen molar-refractivity contribution in [1.29, 1.82) is 0 Å². The van der Waals surface area contributed by atoms with Gasteiger partial charge in [-0.1, -0.05) is 18.2 Å². The van der Waals surface area contributed by atoms with Crippen molar-refractivity contribution in [2.24, 2.45) is 0 Å². The number of hydrogen-bond acceptors (Lipinski definition) is 5. The number of nitrogens with one attached hydrogen (secondary N) is 1. The van der Waals surface area contributed by atoms with Crippen molar-refractivity contribution in [1.82, 2.24) is 5.32 Å². The van der Waals surface area contributed by atoms with Crippen molar-refractivity contribution in [3.63, 3.8) is 0 Å². The van der Waals surface area contributed by atoms with Gasteiger partial charge in [0, 0.05) is 0 Å². The van der Waals surface area contributed by atoms with Gasteiger partial charge < -0.3 is 18.9 Å². The lowest BCUT2D eigenvalue weighted by Gasteiger charge is -2.27. The van der Waals surface area contributed by atoms with Crippen molar-refractivity contribution in [3.05, 3.63) is 63.7 Å². The van der Waals surface area contributed by atoms with E-state index in [2.05, 4.69) is 23.5 Å². The van der Waals surface area contributed by atoms with E-state index in [4.69, 9.17) is 13.6 Å². The van der Waals surface area contributed by atoms with Gasteiger partial charge >= 0.3 is 5.82 Å². The van der Waals surface area contributed by atoms with E-state index >= 15 is 0 Å². The minimum absolute atomic E-state index is 0.503. The Balaban J connectivity index is 1.29. The average Bonchev–Trinajstić information content (AvgIpc) is 3.06. The normalized spacial score (nSPS) is 16.4. The fourth-order valence-corrected chi connectivity index (χ4v) is 4.11. The quantitative estimate of drug-likeness (QED) is 0.639. The first-order chi connectivity index (χ1) is 13.2. The summed E-state index contributed by atoms with van der Waals surface area (Å²) in [7, 11) is 1.76. The molecule has 0 radical (unpaired) electrons. The molecule has 0 bridgehead atoms. The molecule has 0 amide bonds. The summed E-state index contributed by atoms with van der Waals surface area (Å²) >= 11 is 0. The summed E-state index contributed by atoms with van der Waals surface area (Å²) in [5, 5.41) is 3.55. The summed E-state index contributed by atoms with van der Waals surface area (Å²) in [6, 6.07) is 12.1. The first kappa shape index (κ1) is 17.9. The zero-order chi connectivity index (χ0) is 18.6. The molecule has 27 heavy (non-hydrogen) atoms. The van der Waals surface area contributed by atoms with Gasteiger partial charge in [0.25, 0.3) is 0 Å². The maximum atomic E-state index is 11.1. The molecule has 0 aliphatic heterocycles. The zero-order valence-electron chi connectivity index (χ0n) is 15.6. The van der Waals surface area contributed by atoms with Crippen LogP contribution in [0.15, 0.2) is 50.0 Å². The van der Waals surface area contributed by atoms with Crippen LogP contribution < -0.4 is 15.9 Å². The van der Waals surface area contributed by atoms with Crippen LogP contribution in [0.25, 0.3) is 11.2 Å². The molecular weight excluding hydrogens is 342 g/mol. The van der Waals surface area contributed by atoms with Crippen LogP contribution >= 0.6 is 0 Å². The van der Waals surface area contributed by atoms with E-state index in [1.54, 1.807) is 13.2 Å². The van der Waals surface area contributed by atoms with E-state index in [9.17, 15) is 4.79 Å². The van der Waals surface area contributed by atoms with Crippen LogP contribution in [-0.2, 0) is 12.8 Å². The highest BCUT2D eigenvalue weighted by Crippen LogP contribution is 2.38. The molecule has 1 heterocycles. The molecule has 3 aromatic rings. The molecule has 4 rings (SSSR count). The molecule has 1 N–H and O–H groups in total. The summed E-state index contributed by atoms with van der Waals surface area (Å²) in [6.45, 7) is 1.88. The Labute approximate surface area is 158 Å². The first-order valence-corrected chi connectivity index (χ1v) is 9.63. The zero-order valence-corrected chi connectivity index (χ0v) is 15.6. The van der Waals surface area contributed by atoms with E-state index in [-0.39, 0.29) is 0 Å². The number of benzene rings is 2. The van der Waals surface area contributed by atoms with Crippen LogP contribution in [0, 0.1) is 0 Å². The van der Waals surface area contributed by atoms with Crippen molar-refractivity contribution >= 4 is 11.2 Å². The summed E-state index contributed by atoms with van der Waals surface area (Å²) < 4.78 is 15.5. The Hall–Kier alpha value is -2.53. The van der Waals surface area contributed by atoms with Crippen molar-refractivity contribution < 1.29 is 13.6 Å². The second-order valence-corrected chi connectivity index (χ2v) is 7.14. The fraction of sp³-hybridized carbons (Fsp3) is 0.409. The predicted molar refractivity (Wildman–Crippen MR) is 105 cm³/mol. The van der Waals surface area contributed by atoms with Gasteiger partial charge in [-0.2, -0.15) is 0 Å². The van der Waals surface area contributed by atoms with E-state index in [0.717, 1.165) is 43.7 Å². The molecule has 1 atom stereocenters. The van der Waals surface area contributed by atoms with Crippen molar-refractivity contribution in [3.8, 4) is 5.75 Å². The molecule has 142 valence electrons. The molecule has 2 aromatic carbocycles. The van der Waals surface area contributed by atoms with Crippen molar-refractivity contribution in [2.45, 2.75) is 38.0 Å². The second-order valence-electron chi connectivity index (χ2n) is 7.14. The van der Waals surface area contributed by atoms with Gasteiger partial charge in [-0.05, 0) is 86.0 Å². The lowest BCUT2D eigenvalue weighted by atomic mass is 9.80. The average molecular weight is 367 g/mol. The van der Waals surface area contributed by atoms with Crippen molar-refractivity contribution in [2.75, 3.05) is 20.2 Å². The lowest BCUT2D eigenvalue weighted by Crippen LogP contribution is -2.22. The smallest absolute Gasteiger partial charge is 0.496 e. The Morgan fingerprint density at radius 3 is 2.93 bits per heavy atom. The van der Waals surface area contributed by atoms with Crippen LogP contribution in [0.1, 0.15) is 41.9 Å². The fourth-order valence-electron chi connectivity index (χ4n) is 4.11. The Kier molecular flexibility index (Phi) is 5.30. The van der Waals surface area contributed by atoms with Crippen LogP contribution in [0.3, 0.4) is 0 Å². The highest BCUT2D eigenvalue weighted by molar-refractivity contribution is 5.70. The number of ether oxygens (including phenoxy) is 1. The molecule has 5 heteroatoms. The summed E-state index contributed by atoms with van der Waals surface area (Å²) in [5.41, 5.74) is 5.01. The molecule has 1 aromatic heterocycles. The van der Waals surface area contributed by atoms with Gasteiger partial charge in [0.05, 0.1) is 7.11 Å². The van der Waals surface area contributed by atoms with Crippen LogP contribution in [0.4, 0.5) is 0 Å². The molecule has 5 nitrogen and oxygen atoms in total. The van der Waals surface area contributed by atoms with E-state index in [1.165, 1.54) is 24.0 Å². The minimum Gasteiger partial charge on any atom is -0.496 e. The molecular formula is C22H25NO4. The van der Waals surface area contributed by atoms with Gasteiger partial charge in [-0.3, -0.25) is 0 Å². The number of hydrogen-bond donors (Lipinski definition) is 1. The maximum Gasteiger partial charge on any atom is 0.519 e. The highest BCUT2D eigenvalue weighted by Gasteiger charge is 2.22. The first-order valence-electron chi connectivity index (χ1n) is 9.63. The van der Waals surface area contributed by atoms with Crippen LogP contribution in [-0.4, -0.2) is 20.2 Å². The van der Waals surface area contributed by atoms with Crippen LogP contribution in [0.2, 0.25) is 0 Å². The second kappa shape index (κ2) is 8.01. The Morgan fingerprint density at radius 2 is 2.04 bits per heavy atom. The third-order valence-corrected chi connectivity index (χ3v) is 5.46.